The van der Waals surface area contributed by atoms with Crippen molar-refractivity contribution < 1.29 is 20.1 Å². The van der Waals surface area contributed by atoms with Gasteiger partial charge >= 0.3 is 5.97 Å². The molecule has 3 N–H and O–H groups in total. The fourth-order valence-corrected chi connectivity index (χ4v) is 1.24. The first-order chi connectivity index (χ1) is 7.86. The van der Waals surface area contributed by atoms with E-state index in [-0.39, 0.29) is 0 Å². The van der Waals surface area contributed by atoms with E-state index < -0.39 is 18.4 Å². The van der Waals surface area contributed by atoms with Gasteiger partial charge in [0, 0.05) is 13.0 Å². The van der Waals surface area contributed by atoms with Crippen LogP contribution in [0.25, 0.3) is 0 Å². The molecule has 0 saturated heterocycles. The Balaban J connectivity index is 0. The van der Waals surface area contributed by atoms with Crippen molar-refractivity contribution in [2.24, 2.45) is 0 Å². The highest BCUT2D eigenvalue weighted by Crippen LogP contribution is 2.03. The molecule has 0 bridgehead atoms. The van der Waals surface area contributed by atoms with Gasteiger partial charge in [-0.2, -0.15) is 0 Å². The number of aliphatic hydroxyl groups is 2. The molecule has 0 fully saturated rings. The van der Waals surface area contributed by atoms with Crippen molar-refractivity contribution in [2.75, 3.05) is 6.54 Å². The van der Waals surface area contributed by atoms with Crippen molar-refractivity contribution in [1.29, 1.82) is 0 Å². The molecule has 0 aliphatic heterocycles. The maximum absolute atomic E-state index is 9.60. The zero-order valence-electron chi connectivity index (χ0n) is 11.4. The Morgan fingerprint density at radius 2 is 1.59 bits per heavy atom. The van der Waals surface area contributed by atoms with Gasteiger partial charge in [-0.3, -0.25) is 9.69 Å². The molecule has 5 nitrogen and oxygen atoms in total. The van der Waals surface area contributed by atoms with Crippen LogP contribution in [-0.2, 0) is 4.79 Å². The largest absolute Gasteiger partial charge is 0.481 e. The van der Waals surface area contributed by atoms with Crippen molar-refractivity contribution >= 4 is 5.97 Å². The van der Waals surface area contributed by atoms with Crippen molar-refractivity contribution in [1.82, 2.24) is 4.90 Å². The Kier molecular flexibility index (Phi) is 13.0. The van der Waals surface area contributed by atoms with Crippen LogP contribution >= 0.6 is 0 Å². The summed E-state index contributed by atoms with van der Waals surface area (Å²) in [6.07, 6.45) is 2.00. The third-order valence-corrected chi connectivity index (χ3v) is 2.19. The average molecular weight is 249 g/mol. The summed E-state index contributed by atoms with van der Waals surface area (Å²) in [7, 11) is 0. The Bertz CT molecular complexity index is 175. The molecule has 17 heavy (non-hydrogen) atoms. The van der Waals surface area contributed by atoms with Crippen LogP contribution in [0.5, 0.6) is 0 Å². The SMILES string of the molecule is CCCC(=O)O.CCCCN(C(C)O)C(C)O. The molecule has 2 atom stereocenters. The molecule has 0 aromatic carbocycles. The second-order valence-electron chi connectivity index (χ2n) is 4.00. The Labute approximate surface area is 104 Å². The summed E-state index contributed by atoms with van der Waals surface area (Å²) < 4.78 is 0. The maximum Gasteiger partial charge on any atom is 0.303 e. The van der Waals surface area contributed by atoms with Gasteiger partial charge in [0.25, 0.3) is 0 Å². The van der Waals surface area contributed by atoms with E-state index in [0.29, 0.717) is 6.42 Å². The van der Waals surface area contributed by atoms with Crippen LogP contribution in [-0.4, -0.2) is 45.2 Å². The van der Waals surface area contributed by atoms with Gasteiger partial charge in [-0.25, -0.2) is 0 Å². The molecule has 0 amide bonds. The number of carboxylic acids is 1. The molecule has 0 radical (unpaired) electrons. The summed E-state index contributed by atoms with van der Waals surface area (Å²) >= 11 is 0. The number of nitrogens with zero attached hydrogens (tertiary/aromatic N) is 1. The fourth-order valence-electron chi connectivity index (χ4n) is 1.24. The molecule has 104 valence electrons. The monoisotopic (exact) mass is 249 g/mol. The smallest absolute Gasteiger partial charge is 0.303 e. The van der Waals surface area contributed by atoms with Crippen molar-refractivity contribution in [3.8, 4) is 0 Å². The second-order valence-corrected chi connectivity index (χ2v) is 4.00. The van der Waals surface area contributed by atoms with E-state index in [1.165, 1.54) is 0 Å². The third-order valence-electron chi connectivity index (χ3n) is 2.19. The van der Waals surface area contributed by atoms with Crippen molar-refractivity contribution in [2.45, 2.75) is 65.8 Å². The standard InChI is InChI=1S/C8H19NO2.C4H8O2/c1-4-5-6-9(7(2)10)8(3)11;1-2-3-4(5)6/h7-8,10-11H,4-6H2,1-3H3;2-3H2,1H3,(H,5,6). The summed E-state index contributed by atoms with van der Waals surface area (Å²) in [5, 5.41) is 26.3. The number of carbonyl (C=O) groups is 1. The molecule has 0 saturated carbocycles. The van der Waals surface area contributed by atoms with Gasteiger partial charge in [-0.15, -0.1) is 0 Å². The lowest BCUT2D eigenvalue weighted by Crippen LogP contribution is -2.40. The van der Waals surface area contributed by atoms with Crippen LogP contribution in [0.15, 0.2) is 0 Å². The zero-order chi connectivity index (χ0) is 13.8. The molecule has 5 heteroatoms. The van der Waals surface area contributed by atoms with Gasteiger partial charge in [-0.1, -0.05) is 20.3 Å². The minimum atomic E-state index is -0.711. The zero-order valence-corrected chi connectivity index (χ0v) is 11.4. The van der Waals surface area contributed by atoms with E-state index in [1.54, 1.807) is 18.7 Å². The molecule has 0 spiro atoms. The number of hydrogen-bond acceptors (Lipinski definition) is 4. The highest BCUT2D eigenvalue weighted by atomic mass is 16.4. The number of aliphatic hydroxyl groups excluding tert-OH is 2. The van der Waals surface area contributed by atoms with Crippen molar-refractivity contribution in [3.63, 3.8) is 0 Å². The lowest BCUT2D eigenvalue weighted by atomic mass is 10.3. The van der Waals surface area contributed by atoms with Gasteiger partial charge < -0.3 is 15.3 Å². The Hall–Kier alpha value is -0.650. The fraction of sp³-hybridized carbons (Fsp3) is 0.917. The molecule has 0 aromatic heterocycles. The van der Waals surface area contributed by atoms with Gasteiger partial charge in [-0.05, 0) is 26.7 Å². The van der Waals surface area contributed by atoms with Crippen LogP contribution in [0, 0.1) is 0 Å². The molecule has 0 aliphatic carbocycles. The lowest BCUT2D eigenvalue weighted by molar-refractivity contribution is -0.137. The van der Waals surface area contributed by atoms with Gasteiger partial charge in [0.05, 0.1) is 0 Å². The van der Waals surface area contributed by atoms with E-state index in [4.69, 9.17) is 5.11 Å². The van der Waals surface area contributed by atoms with Crippen LogP contribution in [0.2, 0.25) is 0 Å². The summed E-state index contributed by atoms with van der Waals surface area (Å²) in [4.78, 5) is 11.3. The maximum atomic E-state index is 9.60. The minimum absolute atomic E-state index is 0.292. The third kappa shape index (κ3) is 13.3. The predicted octanol–water partition coefficient (Wildman–Crippen LogP) is 1.64. The highest BCUT2D eigenvalue weighted by Gasteiger charge is 2.14. The summed E-state index contributed by atoms with van der Waals surface area (Å²) in [5.41, 5.74) is 0. The van der Waals surface area contributed by atoms with Gasteiger partial charge in [0.2, 0.25) is 0 Å². The molecule has 2 unspecified atom stereocenters. The Morgan fingerprint density at radius 1 is 1.12 bits per heavy atom. The first kappa shape index (κ1) is 18.7. The van der Waals surface area contributed by atoms with Crippen LogP contribution in [0.4, 0.5) is 0 Å². The summed E-state index contributed by atoms with van der Waals surface area (Å²) in [6, 6.07) is 0. The second kappa shape index (κ2) is 11.8. The number of unbranched alkanes of at least 4 members (excludes halogenated alkanes) is 1. The molecule has 0 rings (SSSR count). The number of hydrogen-bond donors (Lipinski definition) is 3. The van der Waals surface area contributed by atoms with Gasteiger partial charge in [0.1, 0.15) is 12.5 Å². The molecular weight excluding hydrogens is 222 g/mol. The topological polar surface area (TPSA) is 81.0 Å². The van der Waals surface area contributed by atoms with Crippen molar-refractivity contribution in [3.05, 3.63) is 0 Å². The van der Waals surface area contributed by atoms with Crippen LogP contribution in [0.1, 0.15) is 53.4 Å². The van der Waals surface area contributed by atoms with Crippen LogP contribution in [0.3, 0.4) is 0 Å². The number of rotatable bonds is 7. The van der Waals surface area contributed by atoms with E-state index in [0.717, 1.165) is 25.8 Å². The molecule has 0 aliphatic rings. The average Bonchev–Trinajstić information content (AvgIpc) is 2.17. The molecule has 0 aromatic rings. The molecule has 0 heterocycles. The highest BCUT2D eigenvalue weighted by molar-refractivity contribution is 5.66. The number of aliphatic carboxylic acids is 1. The van der Waals surface area contributed by atoms with E-state index in [1.807, 2.05) is 6.92 Å². The normalized spacial score (nSPS) is 13.8. The predicted molar refractivity (Wildman–Crippen MR) is 67.5 cm³/mol. The first-order valence-corrected chi connectivity index (χ1v) is 6.20. The lowest BCUT2D eigenvalue weighted by Gasteiger charge is -2.27. The van der Waals surface area contributed by atoms with E-state index >= 15 is 0 Å². The summed E-state index contributed by atoms with van der Waals surface area (Å²) in [6.45, 7) is 8.02. The Morgan fingerprint density at radius 3 is 1.76 bits per heavy atom. The van der Waals surface area contributed by atoms with E-state index in [2.05, 4.69) is 6.92 Å². The van der Waals surface area contributed by atoms with E-state index in [9.17, 15) is 15.0 Å². The quantitative estimate of drug-likeness (QED) is 0.598. The number of carboxylic acid groups (broad SMARTS) is 1. The van der Waals surface area contributed by atoms with Crippen LogP contribution < -0.4 is 0 Å². The van der Waals surface area contributed by atoms with Gasteiger partial charge in [0.15, 0.2) is 0 Å². The minimum Gasteiger partial charge on any atom is -0.481 e. The summed E-state index contributed by atoms with van der Waals surface area (Å²) in [5.74, 6) is -0.711. The first-order valence-electron chi connectivity index (χ1n) is 6.20. The molecular formula is C12H27NO4.